The highest BCUT2D eigenvalue weighted by Gasteiger charge is 2.35. The molecule has 62 heavy (non-hydrogen) atoms. The van der Waals surface area contributed by atoms with Crippen LogP contribution in [0.2, 0.25) is 0 Å². The zero-order valence-corrected chi connectivity index (χ0v) is 37.1. The van der Waals surface area contributed by atoms with Crippen LogP contribution in [0.5, 0.6) is 0 Å². The number of esters is 1. The van der Waals surface area contributed by atoms with E-state index in [4.69, 9.17) is 19.2 Å². The van der Waals surface area contributed by atoms with Crippen LogP contribution in [-0.2, 0) is 35.2 Å². The number of hydrogen-bond acceptors (Lipinski definition) is 10. The van der Waals surface area contributed by atoms with Crippen molar-refractivity contribution in [3.8, 4) is 11.1 Å². The highest BCUT2D eigenvalue weighted by atomic mass is 16.6. The van der Waals surface area contributed by atoms with Gasteiger partial charge >= 0.3 is 18.2 Å². The second kappa shape index (κ2) is 21.2. The number of allylic oxidation sites excluding steroid dienone is 2. The number of nitrogens with one attached hydrogen (secondary N) is 3. The van der Waals surface area contributed by atoms with Crippen LogP contribution < -0.4 is 16.0 Å². The number of aliphatic hydroxyl groups excluding tert-OH is 1. The molecule has 0 bridgehead atoms. The van der Waals surface area contributed by atoms with Gasteiger partial charge in [0, 0.05) is 31.8 Å². The predicted molar refractivity (Wildman–Crippen MR) is 238 cm³/mol. The van der Waals surface area contributed by atoms with Gasteiger partial charge in [0.2, 0.25) is 5.91 Å². The largest absolute Gasteiger partial charge is 0.511 e. The number of carbonyl (C=O) groups is 5. The number of amides is 3. The molecule has 5 rings (SSSR count). The molecule has 0 saturated carbocycles. The van der Waals surface area contributed by atoms with Gasteiger partial charge in [0.25, 0.3) is 0 Å². The van der Waals surface area contributed by atoms with Crippen molar-refractivity contribution < 1.29 is 43.3 Å². The summed E-state index contributed by atoms with van der Waals surface area (Å²) in [6, 6.07) is 22.4. The van der Waals surface area contributed by atoms with Crippen molar-refractivity contribution in [2.45, 2.75) is 118 Å². The monoisotopic (exact) mass is 850 g/mol. The minimum atomic E-state index is -0.944. The molecule has 2 aliphatic rings. The molecule has 3 aromatic rings. The Hall–Kier alpha value is -5.98. The Morgan fingerprint density at radius 3 is 2.10 bits per heavy atom. The number of fused-ring (bicyclic) bond motifs is 3. The minimum absolute atomic E-state index is 0.00202. The fourth-order valence-electron chi connectivity index (χ4n) is 7.71. The summed E-state index contributed by atoms with van der Waals surface area (Å²) in [5.74, 6) is -0.868. The zero-order chi connectivity index (χ0) is 45.0. The van der Waals surface area contributed by atoms with E-state index in [1.54, 1.807) is 45.0 Å². The number of aliphatic hydroxyl groups is 1. The van der Waals surface area contributed by atoms with Crippen molar-refractivity contribution >= 4 is 41.2 Å². The summed E-state index contributed by atoms with van der Waals surface area (Å²) in [6.45, 7) is 13.7. The first-order valence-corrected chi connectivity index (χ1v) is 21.5. The van der Waals surface area contributed by atoms with Gasteiger partial charge in [-0.3, -0.25) is 19.4 Å². The lowest BCUT2D eigenvalue weighted by atomic mass is 9.75. The number of unbranched alkanes of at least 4 members (excludes halogenated alkanes) is 1. The number of aliphatic imine (C=N–C) groups is 1. The van der Waals surface area contributed by atoms with Crippen LogP contribution in [0.3, 0.4) is 0 Å². The fraction of sp³-hybridized carbons (Fsp3) is 0.469. The van der Waals surface area contributed by atoms with Crippen molar-refractivity contribution in [3.05, 3.63) is 101 Å². The van der Waals surface area contributed by atoms with Crippen LogP contribution in [0.4, 0.5) is 15.3 Å². The molecule has 2 aliphatic carbocycles. The third-order valence-corrected chi connectivity index (χ3v) is 10.5. The maximum Gasteiger partial charge on any atom is 0.408 e. The molecular weight excluding hydrogens is 789 g/mol. The number of rotatable bonds is 18. The van der Waals surface area contributed by atoms with E-state index in [0.29, 0.717) is 55.6 Å². The molecule has 4 N–H and O–H groups in total. The van der Waals surface area contributed by atoms with E-state index in [2.05, 4.69) is 40.2 Å². The maximum absolute atomic E-state index is 13.2. The first kappa shape index (κ1) is 47.1. The molecule has 0 unspecified atom stereocenters. The fourth-order valence-corrected chi connectivity index (χ4v) is 7.71. The van der Waals surface area contributed by atoms with Crippen molar-refractivity contribution in [3.63, 3.8) is 0 Å². The summed E-state index contributed by atoms with van der Waals surface area (Å²) >= 11 is 0. The van der Waals surface area contributed by atoms with Crippen LogP contribution >= 0.6 is 0 Å². The zero-order valence-electron chi connectivity index (χ0n) is 37.1. The highest BCUT2D eigenvalue weighted by molar-refractivity contribution is 6.23. The van der Waals surface area contributed by atoms with Crippen molar-refractivity contribution in [1.29, 1.82) is 0 Å². The molecule has 0 aliphatic heterocycles. The Balaban J connectivity index is 1.05. The van der Waals surface area contributed by atoms with Gasteiger partial charge in [-0.2, -0.15) is 0 Å². The Kier molecular flexibility index (Phi) is 16.1. The van der Waals surface area contributed by atoms with E-state index in [1.807, 2.05) is 52.0 Å². The standard InChI is InChI=1S/C49H62N4O9/c1-31(2)26-40(44-41(54)27-49(6,7)28-42(44)55)52-33-21-19-32(20-22-33)29-60-43(56)23-25-50-45(57)39(53-47(59)62-48(3,4)5)18-12-13-24-51-46(58)61-30-38-36-16-10-8-14-34(36)35-15-9-11-17-37(35)38/h8-11,14-17,19-22,31,38-39,54H,12-13,18,23-30H2,1-7H3,(H,50,57)(H,51,58)(H,53,59)/t39-/m1/s1. The SMILES string of the molecule is CC(C)CC(=Nc1ccc(COC(=O)CCNC(=O)[C@@H](CCCCNC(=O)OCC2c3ccccc3-c3ccccc32)NC(=O)OC(C)(C)C)cc1)C1=C(O)CC(C)(C)CC1=O. The van der Waals surface area contributed by atoms with Gasteiger partial charge in [-0.05, 0) is 97.7 Å². The first-order chi connectivity index (χ1) is 29.4. The molecule has 3 amide bonds. The number of alkyl carbamates (subject to hydrolysis) is 2. The summed E-state index contributed by atoms with van der Waals surface area (Å²) in [4.78, 5) is 68.9. The summed E-state index contributed by atoms with van der Waals surface area (Å²) in [5.41, 5.74) is 5.67. The second-order valence-corrected chi connectivity index (χ2v) is 18.2. The van der Waals surface area contributed by atoms with Crippen LogP contribution in [0.25, 0.3) is 11.1 Å². The Labute approximate surface area is 365 Å². The van der Waals surface area contributed by atoms with E-state index >= 15 is 0 Å². The van der Waals surface area contributed by atoms with Gasteiger partial charge in [-0.1, -0.05) is 88.4 Å². The summed E-state index contributed by atoms with van der Waals surface area (Å²) in [6.07, 6.45) is 1.17. The van der Waals surface area contributed by atoms with Crippen molar-refractivity contribution in [1.82, 2.24) is 16.0 Å². The molecule has 13 nitrogen and oxygen atoms in total. The van der Waals surface area contributed by atoms with Crippen LogP contribution in [0.1, 0.15) is 116 Å². The number of hydrogen-bond donors (Lipinski definition) is 4. The molecular formula is C49H62N4O9. The molecule has 0 heterocycles. The van der Waals surface area contributed by atoms with E-state index in [9.17, 15) is 29.1 Å². The van der Waals surface area contributed by atoms with E-state index < -0.39 is 35.7 Å². The summed E-state index contributed by atoms with van der Waals surface area (Å²) in [7, 11) is 0. The van der Waals surface area contributed by atoms with Crippen LogP contribution in [-0.4, -0.2) is 72.0 Å². The molecule has 0 fully saturated rings. The van der Waals surface area contributed by atoms with E-state index in [-0.39, 0.29) is 61.4 Å². The quantitative estimate of drug-likeness (QED) is 0.0420. The number of carbonyl (C=O) groups excluding carboxylic acids is 5. The van der Waals surface area contributed by atoms with Gasteiger partial charge in [-0.25, -0.2) is 9.59 Å². The molecule has 13 heteroatoms. The maximum atomic E-state index is 13.2. The van der Waals surface area contributed by atoms with Gasteiger partial charge < -0.3 is 35.3 Å². The van der Waals surface area contributed by atoms with Gasteiger partial charge in [0.1, 0.15) is 30.6 Å². The van der Waals surface area contributed by atoms with Crippen molar-refractivity contribution in [2.75, 3.05) is 19.7 Å². The number of nitrogens with zero attached hydrogens (tertiary/aromatic N) is 1. The first-order valence-electron chi connectivity index (χ1n) is 21.5. The Morgan fingerprint density at radius 1 is 0.839 bits per heavy atom. The lowest BCUT2D eigenvalue weighted by Crippen LogP contribution is -2.48. The van der Waals surface area contributed by atoms with Gasteiger partial charge in [0.05, 0.1) is 23.4 Å². The molecule has 332 valence electrons. The van der Waals surface area contributed by atoms with E-state index in [0.717, 1.165) is 27.8 Å². The molecule has 1 atom stereocenters. The normalized spacial score (nSPS) is 15.4. The third kappa shape index (κ3) is 13.8. The van der Waals surface area contributed by atoms with Crippen molar-refractivity contribution in [2.24, 2.45) is 16.3 Å². The molecule has 0 aromatic heterocycles. The smallest absolute Gasteiger partial charge is 0.408 e. The average Bonchev–Trinajstić information content (AvgIpc) is 3.50. The Bertz CT molecular complexity index is 2100. The molecule has 0 spiro atoms. The molecule has 3 aromatic carbocycles. The van der Waals surface area contributed by atoms with E-state index in [1.165, 1.54) is 0 Å². The number of ketones is 1. The summed E-state index contributed by atoms with van der Waals surface area (Å²) < 4.78 is 16.4. The lowest BCUT2D eigenvalue weighted by molar-refractivity contribution is -0.144. The average molecular weight is 851 g/mol. The third-order valence-electron chi connectivity index (χ3n) is 10.5. The highest BCUT2D eigenvalue weighted by Crippen LogP contribution is 2.44. The topological polar surface area (TPSA) is 182 Å². The Morgan fingerprint density at radius 2 is 1.48 bits per heavy atom. The molecule has 0 radical (unpaired) electrons. The van der Waals surface area contributed by atoms with Crippen LogP contribution in [0.15, 0.2) is 89.1 Å². The molecule has 0 saturated heterocycles. The van der Waals surface area contributed by atoms with Crippen LogP contribution in [0, 0.1) is 11.3 Å². The van der Waals surface area contributed by atoms with Gasteiger partial charge in [0.15, 0.2) is 5.78 Å². The number of benzene rings is 3. The number of Topliss-reactive ketones (excluding diaryl/α,β-unsaturated/α-hetero) is 1. The minimum Gasteiger partial charge on any atom is -0.511 e. The van der Waals surface area contributed by atoms with Gasteiger partial charge in [-0.15, -0.1) is 0 Å². The lowest BCUT2D eigenvalue weighted by Gasteiger charge is -2.30. The predicted octanol–water partition coefficient (Wildman–Crippen LogP) is 9.16. The second-order valence-electron chi connectivity index (χ2n) is 18.2. The number of ether oxygens (including phenoxy) is 3. The summed E-state index contributed by atoms with van der Waals surface area (Å²) in [5, 5.41) is 18.9.